The first-order valence-electron chi connectivity index (χ1n) is 8.95. The number of benzene rings is 3. The van der Waals surface area contributed by atoms with Crippen molar-refractivity contribution in [2.45, 2.75) is 0 Å². The Morgan fingerprint density at radius 1 is 0.423 bits per heavy atom. The molecule has 0 amide bonds. The summed E-state index contributed by atoms with van der Waals surface area (Å²) in [6.07, 6.45) is 17.4. The van der Waals surface area contributed by atoms with Crippen LogP contribution < -0.4 is 0 Å². The molecule has 122 valence electrons. The molecular formula is C26H18. The van der Waals surface area contributed by atoms with Crippen molar-refractivity contribution in [3.05, 3.63) is 105 Å². The molecule has 0 heteroatoms. The van der Waals surface area contributed by atoms with Gasteiger partial charge in [-0.15, -0.1) is 0 Å². The highest BCUT2D eigenvalue weighted by Crippen LogP contribution is 2.26. The summed E-state index contributed by atoms with van der Waals surface area (Å²) in [5.41, 5.74) is 10.3. The lowest BCUT2D eigenvalue weighted by Gasteiger charge is -2.10. The summed E-state index contributed by atoms with van der Waals surface area (Å²) >= 11 is 0. The van der Waals surface area contributed by atoms with Crippen molar-refractivity contribution in [1.82, 2.24) is 0 Å². The van der Waals surface area contributed by atoms with Crippen molar-refractivity contribution in [2.75, 3.05) is 0 Å². The average molecular weight is 330 g/mol. The molecule has 0 saturated carbocycles. The minimum atomic E-state index is 1.23. The topological polar surface area (TPSA) is 0 Å². The summed E-state index contributed by atoms with van der Waals surface area (Å²) < 4.78 is 0. The van der Waals surface area contributed by atoms with E-state index in [0.717, 1.165) is 0 Å². The molecule has 0 aromatic heterocycles. The molecule has 0 spiro atoms. The molecule has 0 saturated heterocycles. The Kier molecular flexibility index (Phi) is 3.54. The van der Waals surface area contributed by atoms with Crippen LogP contribution in [-0.2, 0) is 0 Å². The van der Waals surface area contributed by atoms with Gasteiger partial charge in [-0.1, -0.05) is 97.1 Å². The maximum Gasteiger partial charge on any atom is -0.0178 e. The lowest BCUT2D eigenvalue weighted by Crippen LogP contribution is -1.89. The summed E-state index contributed by atoms with van der Waals surface area (Å²) in [5.74, 6) is 0. The van der Waals surface area contributed by atoms with E-state index < -0.39 is 0 Å². The van der Waals surface area contributed by atoms with Gasteiger partial charge in [-0.2, -0.15) is 0 Å². The van der Waals surface area contributed by atoms with Crippen molar-refractivity contribution >= 4 is 48.6 Å². The highest BCUT2D eigenvalue weighted by molar-refractivity contribution is 5.89. The standard InChI is InChI=1S/C26H18/c1-2-4-22(10-6-20-8-12-24-14-16-26(24)18-20)21(3-1)9-5-19-7-11-23-13-15-25(23)17-19/h1-18H/b9-5+,10-6?. The summed E-state index contributed by atoms with van der Waals surface area (Å²) in [5, 5.41) is 0. The van der Waals surface area contributed by atoms with Gasteiger partial charge in [0, 0.05) is 0 Å². The summed E-state index contributed by atoms with van der Waals surface area (Å²) in [7, 11) is 0. The third-order valence-electron chi connectivity index (χ3n) is 5.01. The third-order valence-corrected chi connectivity index (χ3v) is 5.01. The van der Waals surface area contributed by atoms with Crippen LogP contribution in [-0.4, -0.2) is 0 Å². The second-order valence-corrected chi connectivity index (χ2v) is 6.74. The highest BCUT2D eigenvalue weighted by atomic mass is 14.1. The lowest BCUT2D eigenvalue weighted by molar-refractivity contribution is 1.55. The number of hydrogen-bond acceptors (Lipinski definition) is 0. The smallest absolute Gasteiger partial charge is 0.0178 e. The molecular weight excluding hydrogens is 312 g/mol. The third kappa shape index (κ3) is 2.76. The zero-order valence-corrected chi connectivity index (χ0v) is 14.4. The van der Waals surface area contributed by atoms with Gasteiger partial charge in [-0.3, -0.25) is 0 Å². The van der Waals surface area contributed by atoms with Crippen LogP contribution in [0.1, 0.15) is 44.5 Å². The predicted octanol–water partition coefficient (Wildman–Crippen LogP) is 7.00. The summed E-state index contributed by atoms with van der Waals surface area (Å²) in [6, 6.07) is 21.7. The van der Waals surface area contributed by atoms with Crippen LogP contribution in [0.3, 0.4) is 0 Å². The Balaban J connectivity index is 1.40. The van der Waals surface area contributed by atoms with E-state index in [4.69, 9.17) is 0 Å². The molecule has 0 nitrogen and oxygen atoms in total. The Morgan fingerprint density at radius 3 is 1.27 bits per heavy atom. The molecule has 0 fully saturated rings. The van der Waals surface area contributed by atoms with Crippen molar-refractivity contribution in [2.24, 2.45) is 0 Å². The molecule has 3 aromatic carbocycles. The molecule has 2 aliphatic rings. The highest BCUT2D eigenvalue weighted by Gasteiger charge is 2.05. The van der Waals surface area contributed by atoms with Gasteiger partial charge >= 0.3 is 0 Å². The molecule has 0 bridgehead atoms. The van der Waals surface area contributed by atoms with Crippen molar-refractivity contribution in [1.29, 1.82) is 0 Å². The van der Waals surface area contributed by atoms with Crippen LogP contribution >= 0.6 is 0 Å². The molecule has 0 N–H and O–H groups in total. The van der Waals surface area contributed by atoms with Gasteiger partial charge in [-0.05, 0) is 56.6 Å². The molecule has 0 radical (unpaired) electrons. The Hall–Kier alpha value is -3.38. The zero-order chi connectivity index (χ0) is 17.3. The fourth-order valence-corrected chi connectivity index (χ4v) is 3.34. The quantitative estimate of drug-likeness (QED) is 0.311. The van der Waals surface area contributed by atoms with E-state index in [0.29, 0.717) is 0 Å². The Labute approximate surface area is 154 Å². The van der Waals surface area contributed by atoms with Gasteiger partial charge in [0.25, 0.3) is 0 Å². The van der Waals surface area contributed by atoms with E-state index >= 15 is 0 Å². The maximum absolute atomic E-state index is 2.24. The van der Waals surface area contributed by atoms with Crippen LogP contribution in [0, 0.1) is 0 Å². The number of rotatable bonds is 4. The van der Waals surface area contributed by atoms with Crippen LogP contribution in [0.15, 0.2) is 60.7 Å². The van der Waals surface area contributed by atoms with E-state index in [9.17, 15) is 0 Å². The lowest BCUT2D eigenvalue weighted by atomic mass is 9.94. The largest absolute Gasteiger partial charge is 0.0616 e. The van der Waals surface area contributed by atoms with Crippen LogP contribution in [0.2, 0.25) is 0 Å². The monoisotopic (exact) mass is 330 g/mol. The number of fused-ring (bicyclic) bond motifs is 2. The Bertz CT molecular complexity index is 1030. The maximum atomic E-state index is 2.24. The fraction of sp³-hybridized carbons (Fsp3) is 0. The summed E-state index contributed by atoms with van der Waals surface area (Å²) in [4.78, 5) is 0. The van der Waals surface area contributed by atoms with Crippen molar-refractivity contribution in [3.8, 4) is 0 Å². The molecule has 2 aliphatic carbocycles. The van der Waals surface area contributed by atoms with Gasteiger partial charge in [0.2, 0.25) is 0 Å². The molecule has 3 aromatic rings. The molecule has 26 heavy (non-hydrogen) atoms. The second kappa shape index (κ2) is 6.16. The molecule has 0 unspecified atom stereocenters. The Morgan fingerprint density at radius 2 is 0.885 bits per heavy atom. The van der Waals surface area contributed by atoms with Crippen molar-refractivity contribution in [3.63, 3.8) is 0 Å². The van der Waals surface area contributed by atoms with Gasteiger partial charge in [0.1, 0.15) is 0 Å². The van der Waals surface area contributed by atoms with E-state index in [1.54, 1.807) is 0 Å². The number of hydrogen-bond donors (Lipinski definition) is 0. The summed E-state index contributed by atoms with van der Waals surface area (Å²) in [6.45, 7) is 0. The molecule has 0 atom stereocenters. The van der Waals surface area contributed by atoms with Gasteiger partial charge in [-0.25, -0.2) is 0 Å². The van der Waals surface area contributed by atoms with E-state index in [1.165, 1.54) is 44.5 Å². The van der Waals surface area contributed by atoms with Gasteiger partial charge in [0.15, 0.2) is 0 Å². The molecule has 0 heterocycles. The minimum Gasteiger partial charge on any atom is -0.0616 e. The first-order valence-corrected chi connectivity index (χ1v) is 8.95. The normalized spacial score (nSPS) is 13.5. The van der Waals surface area contributed by atoms with Crippen LogP contribution in [0.5, 0.6) is 0 Å². The van der Waals surface area contributed by atoms with Crippen LogP contribution in [0.25, 0.3) is 48.6 Å². The minimum absolute atomic E-state index is 1.23. The zero-order valence-electron chi connectivity index (χ0n) is 14.4. The second-order valence-electron chi connectivity index (χ2n) is 6.74. The predicted molar refractivity (Wildman–Crippen MR) is 115 cm³/mol. The van der Waals surface area contributed by atoms with E-state index in [2.05, 4.69) is 109 Å². The molecule has 0 aliphatic heterocycles. The van der Waals surface area contributed by atoms with Gasteiger partial charge in [0.05, 0.1) is 0 Å². The first-order chi connectivity index (χ1) is 12.8. The van der Waals surface area contributed by atoms with E-state index in [1.807, 2.05) is 0 Å². The van der Waals surface area contributed by atoms with Gasteiger partial charge < -0.3 is 0 Å². The average Bonchev–Trinajstić information content (AvgIpc) is 2.62. The van der Waals surface area contributed by atoms with E-state index in [-0.39, 0.29) is 0 Å². The first kappa shape index (κ1) is 14.9. The fourth-order valence-electron chi connectivity index (χ4n) is 3.34. The van der Waals surface area contributed by atoms with Crippen molar-refractivity contribution < 1.29 is 0 Å². The SMILES string of the molecule is C(=Cc1ccccc1/C=C/c1ccc2c(c1)C=C2)c1ccc2c(c1)C=C2. The molecule has 5 rings (SSSR count). The van der Waals surface area contributed by atoms with Crippen LogP contribution in [0.4, 0.5) is 0 Å².